The van der Waals surface area contributed by atoms with Crippen LogP contribution in [0.4, 0.5) is 0 Å². The summed E-state index contributed by atoms with van der Waals surface area (Å²) in [6.07, 6.45) is 4.39. The first-order valence-corrected chi connectivity index (χ1v) is 6.05. The second kappa shape index (κ2) is 4.71. The Hall–Kier alpha value is -1.28. The standard InChI is InChI=1S/C14H20N2/c1-3-16-10-11(2)13-8-4-6-12(14(13)16)7-5-9-15/h4,6,8,10H,3,5,7,9,15H2,1-2H3. The monoisotopic (exact) mass is 216 g/mol. The Kier molecular flexibility index (Phi) is 3.30. The van der Waals surface area contributed by atoms with Gasteiger partial charge in [0.25, 0.3) is 0 Å². The number of aromatic nitrogens is 1. The summed E-state index contributed by atoms with van der Waals surface area (Å²) >= 11 is 0. The molecule has 0 bridgehead atoms. The molecular formula is C14H20N2. The maximum atomic E-state index is 5.59. The zero-order chi connectivity index (χ0) is 11.5. The van der Waals surface area contributed by atoms with Crippen molar-refractivity contribution >= 4 is 10.9 Å². The summed E-state index contributed by atoms with van der Waals surface area (Å²) in [7, 11) is 0. The Bertz CT molecular complexity index is 483. The largest absolute Gasteiger partial charge is 0.347 e. The fourth-order valence-electron chi connectivity index (χ4n) is 2.36. The molecule has 86 valence electrons. The smallest absolute Gasteiger partial charge is 0.0515 e. The van der Waals surface area contributed by atoms with Crippen LogP contribution in [-0.2, 0) is 13.0 Å². The number of fused-ring (bicyclic) bond motifs is 1. The van der Waals surface area contributed by atoms with E-state index < -0.39 is 0 Å². The van der Waals surface area contributed by atoms with Crippen LogP contribution < -0.4 is 5.73 Å². The van der Waals surface area contributed by atoms with Gasteiger partial charge in [-0.25, -0.2) is 0 Å². The molecule has 2 aromatic rings. The number of para-hydroxylation sites is 1. The van der Waals surface area contributed by atoms with Crippen molar-refractivity contribution in [2.24, 2.45) is 5.73 Å². The second-order valence-corrected chi connectivity index (χ2v) is 4.30. The summed E-state index contributed by atoms with van der Waals surface area (Å²) < 4.78 is 2.34. The highest BCUT2D eigenvalue weighted by atomic mass is 14.9. The number of benzene rings is 1. The summed E-state index contributed by atoms with van der Waals surface area (Å²) in [5.74, 6) is 0. The molecule has 1 aromatic heterocycles. The first-order valence-electron chi connectivity index (χ1n) is 6.05. The maximum Gasteiger partial charge on any atom is 0.0515 e. The minimum absolute atomic E-state index is 0.766. The van der Waals surface area contributed by atoms with Gasteiger partial charge in [0.05, 0.1) is 5.52 Å². The number of nitrogens with two attached hydrogens (primary N) is 1. The van der Waals surface area contributed by atoms with Crippen molar-refractivity contribution in [3.63, 3.8) is 0 Å². The molecule has 0 radical (unpaired) electrons. The molecule has 0 aliphatic carbocycles. The first-order chi connectivity index (χ1) is 7.77. The molecule has 2 rings (SSSR count). The molecular weight excluding hydrogens is 196 g/mol. The topological polar surface area (TPSA) is 30.9 Å². The Morgan fingerprint density at radius 1 is 1.31 bits per heavy atom. The number of aryl methyl sites for hydroxylation is 3. The van der Waals surface area contributed by atoms with Gasteiger partial charge < -0.3 is 10.3 Å². The molecule has 1 heterocycles. The van der Waals surface area contributed by atoms with Crippen LogP contribution in [-0.4, -0.2) is 11.1 Å². The predicted octanol–water partition coefficient (Wildman–Crippen LogP) is 2.86. The van der Waals surface area contributed by atoms with Crippen LogP contribution in [0.1, 0.15) is 24.5 Å². The van der Waals surface area contributed by atoms with Gasteiger partial charge in [0.15, 0.2) is 0 Å². The second-order valence-electron chi connectivity index (χ2n) is 4.30. The lowest BCUT2D eigenvalue weighted by Gasteiger charge is -2.07. The molecule has 0 aliphatic rings. The minimum Gasteiger partial charge on any atom is -0.347 e. The van der Waals surface area contributed by atoms with E-state index >= 15 is 0 Å². The third kappa shape index (κ3) is 1.85. The third-order valence-corrected chi connectivity index (χ3v) is 3.17. The van der Waals surface area contributed by atoms with E-state index in [1.807, 2.05) is 0 Å². The van der Waals surface area contributed by atoms with Crippen molar-refractivity contribution in [3.05, 3.63) is 35.5 Å². The van der Waals surface area contributed by atoms with Gasteiger partial charge in [0.2, 0.25) is 0 Å². The summed E-state index contributed by atoms with van der Waals surface area (Å²) in [6, 6.07) is 6.59. The van der Waals surface area contributed by atoms with E-state index in [1.165, 1.54) is 22.0 Å². The zero-order valence-corrected chi connectivity index (χ0v) is 10.2. The van der Waals surface area contributed by atoms with Gasteiger partial charge in [-0.2, -0.15) is 0 Å². The maximum absolute atomic E-state index is 5.59. The SMILES string of the molecule is CCn1cc(C)c2cccc(CCCN)c21. The van der Waals surface area contributed by atoms with Gasteiger partial charge in [-0.15, -0.1) is 0 Å². The van der Waals surface area contributed by atoms with Crippen LogP contribution in [0.15, 0.2) is 24.4 Å². The highest BCUT2D eigenvalue weighted by Gasteiger charge is 2.08. The van der Waals surface area contributed by atoms with E-state index in [2.05, 4.69) is 42.8 Å². The van der Waals surface area contributed by atoms with Crippen LogP contribution in [0, 0.1) is 6.92 Å². The molecule has 2 nitrogen and oxygen atoms in total. The molecule has 2 N–H and O–H groups in total. The zero-order valence-electron chi connectivity index (χ0n) is 10.2. The van der Waals surface area contributed by atoms with Crippen LogP contribution in [0.2, 0.25) is 0 Å². The number of hydrogen-bond acceptors (Lipinski definition) is 1. The van der Waals surface area contributed by atoms with Crippen LogP contribution in [0.5, 0.6) is 0 Å². The fraction of sp³-hybridized carbons (Fsp3) is 0.429. The predicted molar refractivity (Wildman–Crippen MR) is 69.7 cm³/mol. The molecule has 0 aliphatic heterocycles. The van der Waals surface area contributed by atoms with Crippen LogP contribution in [0.3, 0.4) is 0 Å². The molecule has 0 atom stereocenters. The van der Waals surface area contributed by atoms with E-state index in [9.17, 15) is 0 Å². The molecule has 0 fully saturated rings. The van der Waals surface area contributed by atoms with E-state index in [-0.39, 0.29) is 0 Å². The van der Waals surface area contributed by atoms with Crippen molar-refractivity contribution in [3.8, 4) is 0 Å². The highest BCUT2D eigenvalue weighted by molar-refractivity contribution is 5.86. The average molecular weight is 216 g/mol. The Morgan fingerprint density at radius 3 is 2.81 bits per heavy atom. The number of nitrogens with zero attached hydrogens (tertiary/aromatic N) is 1. The Balaban J connectivity index is 2.55. The lowest BCUT2D eigenvalue weighted by atomic mass is 10.1. The van der Waals surface area contributed by atoms with Crippen molar-refractivity contribution in [2.45, 2.75) is 33.2 Å². The van der Waals surface area contributed by atoms with Crippen molar-refractivity contribution in [2.75, 3.05) is 6.54 Å². The molecule has 2 heteroatoms. The Morgan fingerprint density at radius 2 is 2.12 bits per heavy atom. The van der Waals surface area contributed by atoms with E-state index in [1.54, 1.807) is 0 Å². The van der Waals surface area contributed by atoms with Crippen LogP contribution >= 0.6 is 0 Å². The lowest BCUT2D eigenvalue weighted by Crippen LogP contribution is -2.02. The number of rotatable bonds is 4. The van der Waals surface area contributed by atoms with Crippen molar-refractivity contribution < 1.29 is 0 Å². The van der Waals surface area contributed by atoms with Gasteiger partial charge in [-0.1, -0.05) is 18.2 Å². The molecule has 16 heavy (non-hydrogen) atoms. The lowest BCUT2D eigenvalue weighted by molar-refractivity contribution is 0.780. The summed E-state index contributed by atoms with van der Waals surface area (Å²) in [4.78, 5) is 0. The average Bonchev–Trinajstić information content (AvgIpc) is 2.64. The molecule has 0 saturated heterocycles. The Labute approximate surface area is 97.1 Å². The molecule has 0 amide bonds. The summed E-state index contributed by atoms with van der Waals surface area (Å²) in [6.45, 7) is 6.17. The summed E-state index contributed by atoms with van der Waals surface area (Å²) in [5, 5.41) is 1.39. The van der Waals surface area contributed by atoms with Crippen LogP contribution in [0.25, 0.3) is 10.9 Å². The van der Waals surface area contributed by atoms with E-state index in [0.29, 0.717) is 0 Å². The van der Waals surface area contributed by atoms with Gasteiger partial charge in [-0.3, -0.25) is 0 Å². The minimum atomic E-state index is 0.766. The van der Waals surface area contributed by atoms with Gasteiger partial charge in [0, 0.05) is 18.1 Å². The number of hydrogen-bond donors (Lipinski definition) is 1. The van der Waals surface area contributed by atoms with Crippen molar-refractivity contribution in [1.82, 2.24) is 4.57 Å². The van der Waals surface area contributed by atoms with Crippen molar-refractivity contribution in [1.29, 1.82) is 0 Å². The van der Waals surface area contributed by atoms with Gasteiger partial charge >= 0.3 is 0 Å². The van der Waals surface area contributed by atoms with Gasteiger partial charge in [-0.05, 0) is 44.4 Å². The third-order valence-electron chi connectivity index (χ3n) is 3.17. The highest BCUT2D eigenvalue weighted by Crippen LogP contribution is 2.25. The van der Waals surface area contributed by atoms with E-state index in [0.717, 1.165) is 25.9 Å². The molecule has 0 saturated carbocycles. The quantitative estimate of drug-likeness (QED) is 0.837. The summed E-state index contributed by atoms with van der Waals surface area (Å²) in [5.41, 5.74) is 9.78. The normalized spacial score (nSPS) is 11.2. The van der Waals surface area contributed by atoms with Gasteiger partial charge in [0.1, 0.15) is 0 Å². The van der Waals surface area contributed by atoms with E-state index in [4.69, 9.17) is 5.73 Å². The first kappa shape index (κ1) is 11.2. The molecule has 0 unspecified atom stereocenters. The fourth-order valence-corrected chi connectivity index (χ4v) is 2.36. The molecule has 0 spiro atoms. The molecule has 1 aromatic carbocycles.